The summed E-state index contributed by atoms with van der Waals surface area (Å²) in [6, 6.07) is 6.96. The Labute approximate surface area is 194 Å². The summed E-state index contributed by atoms with van der Waals surface area (Å²) in [4.78, 5) is 22.5. The number of aromatic nitrogens is 2. The number of H-pyrrole nitrogens is 1. The maximum absolute atomic E-state index is 12.5. The van der Waals surface area contributed by atoms with E-state index in [2.05, 4.69) is 53.9 Å². The molecule has 0 bridgehead atoms. The predicted octanol–water partition coefficient (Wildman–Crippen LogP) is 4.10. The van der Waals surface area contributed by atoms with Crippen molar-refractivity contribution in [3.63, 3.8) is 0 Å². The molecule has 2 aliphatic rings. The monoisotopic (exact) mass is 447 g/mol. The number of ether oxygens (including phenoxy) is 1. The number of pyridine rings is 1. The molecule has 0 radical (unpaired) electrons. The van der Waals surface area contributed by atoms with E-state index >= 15 is 0 Å². The third kappa shape index (κ3) is 4.23. The van der Waals surface area contributed by atoms with Gasteiger partial charge in [-0.25, -0.2) is 9.78 Å². The molecule has 7 nitrogen and oxygen atoms in total. The van der Waals surface area contributed by atoms with Gasteiger partial charge in [0.15, 0.2) is 0 Å². The number of amides is 2. The number of urea groups is 1. The smallest absolute Gasteiger partial charge is 0.317 e. The molecule has 3 N–H and O–H groups in total. The van der Waals surface area contributed by atoms with Gasteiger partial charge in [-0.15, -0.1) is 0 Å². The average molecular weight is 448 g/mol. The molecule has 33 heavy (non-hydrogen) atoms. The number of nitrogens with one attached hydrogen (secondary N) is 3. The zero-order valence-electron chi connectivity index (χ0n) is 19.7. The van der Waals surface area contributed by atoms with Crippen molar-refractivity contribution in [2.45, 2.75) is 45.7 Å². The highest BCUT2D eigenvalue weighted by atomic mass is 16.5. The van der Waals surface area contributed by atoms with Crippen LogP contribution in [0.15, 0.2) is 30.6 Å². The van der Waals surface area contributed by atoms with E-state index in [1.807, 2.05) is 18.0 Å². The van der Waals surface area contributed by atoms with Crippen molar-refractivity contribution < 1.29 is 9.53 Å². The summed E-state index contributed by atoms with van der Waals surface area (Å²) in [6.07, 6.45) is 4.88. The third-order valence-corrected chi connectivity index (χ3v) is 6.81. The maximum atomic E-state index is 12.5. The van der Waals surface area contributed by atoms with E-state index in [1.165, 1.54) is 33.2 Å². The number of carbonyl (C=O) groups excluding carboxylic acids is 1. The second kappa shape index (κ2) is 9.15. The quantitative estimate of drug-likeness (QED) is 0.562. The molecule has 1 aromatic carbocycles. The first-order valence-corrected chi connectivity index (χ1v) is 12.0. The molecule has 0 saturated carbocycles. The summed E-state index contributed by atoms with van der Waals surface area (Å²) in [5, 5.41) is 7.75. The Morgan fingerprint density at radius 1 is 1.30 bits per heavy atom. The summed E-state index contributed by atoms with van der Waals surface area (Å²) >= 11 is 0. The standard InChI is InChI=1S/C26H33N5O2/c1-4-27-26(32)31-7-5-17-9-18(10-20(23(17)14-31)24-15-33-8-6-28-24)19-11-21-22(16(2)3)13-30-25(21)29-12-19/h9-13,16,24,28H,4-8,14-15H2,1-3H3,(H,27,32)(H,29,30). The van der Waals surface area contributed by atoms with Crippen LogP contribution in [-0.2, 0) is 17.7 Å². The normalized spacial score (nSPS) is 18.5. The third-order valence-electron chi connectivity index (χ3n) is 6.81. The Balaban J connectivity index is 1.58. The van der Waals surface area contributed by atoms with E-state index in [9.17, 15) is 4.79 Å². The van der Waals surface area contributed by atoms with Gasteiger partial charge < -0.3 is 25.3 Å². The van der Waals surface area contributed by atoms with Gasteiger partial charge in [0.2, 0.25) is 0 Å². The van der Waals surface area contributed by atoms with Gasteiger partial charge in [-0.2, -0.15) is 0 Å². The van der Waals surface area contributed by atoms with E-state index in [0.717, 1.165) is 37.3 Å². The lowest BCUT2D eigenvalue weighted by Crippen LogP contribution is -2.43. The van der Waals surface area contributed by atoms with Crippen LogP contribution in [0.4, 0.5) is 4.79 Å². The zero-order valence-corrected chi connectivity index (χ0v) is 19.7. The van der Waals surface area contributed by atoms with Crippen molar-refractivity contribution in [3.8, 4) is 11.1 Å². The fourth-order valence-corrected chi connectivity index (χ4v) is 5.04. The number of rotatable bonds is 4. The van der Waals surface area contributed by atoms with Crippen LogP contribution < -0.4 is 10.6 Å². The van der Waals surface area contributed by atoms with Crippen LogP contribution in [0.25, 0.3) is 22.2 Å². The predicted molar refractivity (Wildman–Crippen MR) is 130 cm³/mol. The van der Waals surface area contributed by atoms with E-state index in [1.54, 1.807) is 0 Å². The number of carbonyl (C=O) groups is 1. The Hall–Kier alpha value is -2.90. The molecular formula is C26H33N5O2. The van der Waals surface area contributed by atoms with E-state index in [4.69, 9.17) is 9.72 Å². The zero-order chi connectivity index (χ0) is 22.9. The molecule has 2 aromatic heterocycles. The molecule has 7 heteroatoms. The minimum Gasteiger partial charge on any atom is -0.378 e. The van der Waals surface area contributed by atoms with Crippen LogP contribution in [0.2, 0.25) is 0 Å². The van der Waals surface area contributed by atoms with Gasteiger partial charge in [0.1, 0.15) is 5.65 Å². The van der Waals surface area contributed by atoms with Gasteiger partial charge in [0.05, 0.1) is 19.3 Å². The van der Waals surface area contributed by atoms with Gasteiger partial charge in [0.25, 0.3) is 0 Å². The van der Waals surface area contributed by atoms with E-state index in [0.29, 0.717) is 25.6 Å². The van der Waals surface area contributed by atoms with Gasteiger partial charge >= 0.3 is 6.03 Å². The van der Waals surface area contributed by atoms with Crippen LogP contribution in [0.3, 0.4) is 0 Å². The summed E-state index contributed by atoms with van der Waals surface area (Å²) in [7, 11) is 0. The van der Waals surface area contributed by atoms with Gasteiger partial charge in [-0.1, -0.05) is 19.9 Å². The number of nitrogens with zero attached hydrogens (tertiary/aromatic N) is 2. The van der Waals surface area contributed by atoms with Crippen LogP contribution in [0.1, 0.15) is 55.0 Å². The minimum atomic E-state index is 0.00866. The number of fused-ring (bicyclic) bond motifs is 2. The Morgan fingerprint density at radius 2 is 2.18 bits per heavy atom. The molecule has 0 aliphatic carbocycles. The molecule has 3 aromatic rings. The minimum absolute atomic E-state index is 0.00866. The number of aromatic amines is 1. The SMILES string of the molecule is CCNC(=O)N1CCc2cc(-c3cnc4[nH]cc(C(C)C)c4c3)cc(C3COCCN3)c2C1. The molecule has 1 atom stereocenters. The largest absolute Gasteiger partial charge is 0.378 e. The molecule has 0 spiro atoms. The highest BCUT2D eigenvalue weighted by Gasteiger charge is 2.27. The molecule has 4 heterocycles. The number of hydrogen-bond donors (Lipinski definition) is 3. The van der Waals surface area contributed by atoms with Crippen molar-refractivity contribution in [2.75, 3.05) is 32.8 Å². The number of benzene rings is 1. The summed E-state index contributed by atoms with van der Waals surface area (Å²) < 4.78 is 5.80. The molecule has 174 valence electrons. The highest BCUT2D eigenvalue weighted by molar-refractivity contribution is 5.85. The Morgan fingerprint density at radius 3 is 2.94 bits per heavy atom. The fourth-order valence-electron chi connectivity index (χ4n) is 5.04. The molecule has 1 fully saturated rings. The number of hydrogen-bond acceptors (Lipinski definition) is 4. The molecule has 2 amide bonds. The first kappa shape index (κ1) is 21.9. The van der Waals surface area contributed by atoms with Gasteiger partial charge in [-0.05, 0) is 59.2 Å². The van der Waals surface area contributed by atoms with Crippen molar-refractivity contribution >= 4 is 17.1 Å². The van der Waals surface area contributed by atoms with Gasteiger partial charge in [0, 0.05) is 49.5 Å². The van der Waals surface area contributed by atoms with Crippen LogP contribution >= 0.6 is 0 Å². The lowest BCUT2D eigenvalue weighted by Gasteiger charge is -2.34. The fraction of sp³-hybridized carbons (Fsp3) is 0.462. The summed E-state index contributed by atoms with van der Waals surface area (Å²) in [5.74, 6) is 0.429. The van der Waals surface area contributed by atoms with E-state index in [-0.39, 0.29) is 12.1 Å². The topological polar surface area (TPSA) is 82.3 Å². The summed E-state index contributed by atoms with van der Waals surface area (Å²) in [6.45, 7) is 10.6. The lowest BCUT2D eigenvalue weighted by atomic mass is 9.87. The highest BCUT2D eigenvalue weighted by Crippen LogP contribution is 2.35. The first-order chi connectivity index (χ1) is 16.0. The molecule has 2 aliphatic heterocycles. The van der Waals surface area contributed by atoms with E-state index < -0.39 is 0 Å². The van der Waals surface area contributed by atoms with Crippen molar-refractivity contribution in [1.82, 2.24) is 25.5 Å². The first-order valence-electron chi connectivity index (χ1n) is 12.0. The maximum Gasteiger partial charge on any atom is 0.317 e. The second-order valence-electron chi connectivity index (χ2n) is 9.31. The second-order valence-corrected chi connectivity index (χ2v) is 9.31. The van der Waals surface area contributed by atoms with Gasteiger partial charge in [-0.3, -0.25) is 0 Å². The average Bonchev–Trinajstić information content (AvgIpc) is 3.27. The molecular weight excluding hydrogens is 414 g/mol. The van der Waals surface area contributed by atoms with Crippen molar-refractivity contribution in [2.24, 2.45) is 0 Å². The van der Waals surface area contributed by atoms with Crippen LogP contribution in [0, 0.1) is 0 Å². The Bertz CT molecular complexity index is 1160. The molecule has 5 rings (SSSR count). The van der Waals surface area contributed by atoms with Crippen molar-refractivity contribution in [1.29, 1.82) is 0 Å². The summed E-state index contributed by atoms with van der Waals surface area (Å²) in [5.41, 5.74) is 8.31. The number of morpholine rings is 1. The van der Waals surface area contributed by atoms with Crippen molar-refractivity contribution in [3.05, 3.63) is 52.8 Å². The lowest BCUT2D eigenvalue weighted by molar-refractivity contribution is 0.0763. The molecule has 1 saturated heterocycles. The van der Waals surface area contributed by atoms with Crippen LogP contribution in [-0.4, -0.2) is 53.7 Å². The Kier molecular flexibility index (Phi) is 6.08. The van der Waals surface area contributed by atoms with Crippen LogP contribution in [0.5, 0.6) is 0 Å². The molecule has 1 unspecified atom stereocenters.